The Bertz CT molecular complexity index is 1430. The van der Waals surface area contributed by atoms with Crippen molar-refractivity contribution >= 4 is 34.9 Å². The number of hydrogen-bond acceptors (Lipinski definition) is 7. The van der Waals surface area contributed by atoms with Crippen molar-refractivity contribution in [2.45, 2.75) is 46.3 Å². The minimum Gasteiger partial charge on any atom is -0.492 e. The summed E-state index contributed by atoms with van der Waals surface area (Å²) in [5.74, 6) is -0.807. The SMILES string of the molecule is CCOc1cn(C(C)C(=O)Nc2ccc(C(=O)OC(C)(C)C)cc2)c(=O)cc1-c1cc(Cl)ccc1[N+](=O)[O-]. The van der Waals surface area contributed by atoms with E-state index in [0.717, 1.165) is 0 Å². The van der Waals surface area contributed by atoms with Crippen LogP contribution in [0.5, 0.6) is 5.75 Å². The van der Waals surface area contributed by atoms with E-state index in [9.17, 15) is 24.5 Å². The van der Waals surface area contributed by atoms with Crippen LogP contribution in [0, 0.1) is 10.1 Å². The number of carbonyl (C=O) groups excluding carboxylic acids is 2. The highest BCUT2D eigenvalue weighted by molar-refractivity contribution is 6.31. The summed E-state index contributed by atoms with van der Waals surface area (Å²) in [4.78, 5) is 49.2. The monoisotopic (exact) mass is 541 g/mol. The summed E-state index contributed by atoms with van der Waals surface area (Å²) in [6.45, 7) is 8.77. The van der Waals surface area contributed by atoms with E-state index in [2.05, 4.69) is 5.32 Å². The highest BCUT2D eigenvalue weighted by atomic mass is 35.5. The molecule has 1 unspecified atom stereocenters. The first-order valence-corrected chi connectivity index (χ1v) is 12.2. The van der Waals surface area contributed by atoms with Gasteiger partial charge in [0.15, 0.2) is 0 Å². The van der Waals surface area contributed by atoms with Gasteiger partial charge >= 0.3 is 5.97 Å². The fraction of sp³-hybridized carbons (Fsp3) is 0.296. The van der Waals surface area contributed by atoms with E-state index in [-0.39, 0.29) is 34.2 Å². The Morgan fingerprint density at radius 2 is 1.76 bits per heavy atom. The number of carbonyl (C=O) groups is 2. The Morgan fingerprint density at radius 1 is 1.11 bits per heavy atom. The summed E-state index contributed by atoms with van der Waals surface area (Å²) in [7, 11) is 0. The average molecular weight is 542 g/mol. The third-order valence-corrected chi connectivity index (χ3v) is 5.61. The largest absolute Gasteiger partial charge is 0.492 e. The summed E-state index contributed by atoms with van der Waals surface area (Å²) >= 11 is 6.07. The van der Waals surface area contributed by atoms with E-state index in [1.807, 2.05) is 0 Å². The number of nitro groups is 1. The van der Waals surface area contributed by atoms with Gasteiger partial charge in [-0.05, 0) is 71.0 Å². The number of aromatic nitrogens is 1. The van der Waals surface area contributed by atoms with Crippen molar-refractivity contribution in [2.75, 3.05) is 11.9 Å². The van der Waals surface area contributed by atoms with E-state index >= 15 is 0 Å². The number of amides is 1. The zero-order chi connectivity index (χ0) is 28.2. The summed E-state index contributed by atoms with van der Waals surface area (Å²) in [6, 6.07) is 10.4. The van der Waals surface area contributed by atoms with Crippen LogP contribution in [0.15, 0.2) is 59.5 Å². The second-order valence-electron chi connectivity index (χ2n) is 9.39. The van der Waals surface area contributed by atoms with E-state index in [4.69, 9.17) is 21.1 Å². The van der Waals surface area contributed by atoms with Crippen LogP contribution in [0.1, 0.15) is 51.0 Å². The number of nitro benzene ring substituents is 1. The highest BCUT2D eigenvalue weighted by Gasteiger charge is 2.24. The third kappa shape index (κ3) is 6.77. The Morgan fingerprint density at radius 3 is 2.34 bits per heavy atom. The Labute approximate surface area is 224 Å². The van der Waals surface area contributed by atoms with E-state index in [1.165, 1.54) is 54.1 Å². The summed E-state index contributed by atoms with van der Waals surface area (Å²) < 4.78 is 12.2. The number of anilines is 1. The second kappa shape index (κ2) is 11.5. The Balaban J connectivity index is 1.89. The topological polar surface area (TPSA) is 130 Å². The molecule has 38 heavy (non-hydrogen) atoms. The van der Waals surface area contributed by atoms with Crippen LogP contribution in [-0.4, -0.2) is 33.6 Å². The first-order chi connectivity index (χ1) is 17.8. The molecule has 0 saturated carbocycles. The molecule has 3 aromatic rings. The molecule has 11 heteroatoms. The van der Waals surface area contributed by atoms with Gasteiger partial charge in [-0.2, -0.15) is 0 Å². The van der Waals surface area contributed by atoms with Crippen LogP contribution in [0.2, 0.25) is 5.02 Å². The van der Waals surface area contributed by atoms with Crippen molar-refractivity contribution in [2.24, 2.45) is 0 Å². The van der Waals surface area contributed by atoms with E-state index < -0.39 is 34.0 Å². The molecule has 0 fully saturated rings. The number of halogens is 1. The molecule has 0 aliphatic heterocycles. The number of pyridine rings is 1. The molecule has 1 aromatic heterocycles. The molecular formula is C27H28ClN3O7. The third-order valence-electron chi connectivity index (χ3n) is 5.37. The van der Waals surface area contributed by atoms with E-state index in [1.54, 1.807) is 39.8 Å². The van der Waals surface area contributed by atoms with Gasteiger partial charge in [0.1, 0.15) is 17.4 Å². The molecule has 200 valence electrons. The fourth-order valence-corrected chi connectivity index (χ4v) is 3.77. The fourth-order valence-electron chi connectivity index (χ4n) is 3.60. The first kappa shape index (κ1) is 28.4. The maximum Gasteiger partial charge on any atom is 0.338 e. The molecule has 1 N–H and O–H groups in total. The van der Waals surface area contributed by atoms with Gasteiger partial charge in [-0.3, -0.25) is 24.3 Å². The van der Waals surface area contributed by atoms with Crippen molar-refractivity contribution in [3.63, 3.8) is 0 Å². The zero-order valence-electron chi connectivity index (χ0n) is 21.6. The summed E-state index contributed by atoms with van der Waals surface area (Å²) in [5.41, 5.74) is -0.397. The average Bonchev–Trinajstić information content (AvgIpc) is 2.83. The summed E-state index contributed by atoms with van der Waals surface area (Å²) in [6.07, 6.45) is 1.35. The number of nitrogens with zero attached hydrogens (tertiary/aromatic N) is 2. The lowest BCUT2D eigenvalue weighted by atomic mass is 10.0. The van der Waals surface area contributed by atoms with Gasteiger partial charge in [0.25, 0.3) is 11.2 Å². The zero-order valence-corrected chi connectivity index (χ0v) is 22.4. The number of benzene rings is 2. The van der Waals surface area contributed by atoms with Crippen LogP contribution in [0.25, 0.3) is 11.1 Å². The standard InChI is InChI=1S/C27H28ClN3O7/c1-6-37-23-15-30(24(32)14-21(23)20-13-18(28)9-12-22(20)31(35)36)16(2)25(33)29-19-10-7-17(8-11-19)26(34)38-27(3,4)5/h7-16H,6H2,1-5H3,(H,29,33). The maximum absolute atomic E-state index is 13.0. The molecule has 2 aromatic carbocycles. The number of esters is 1. The lowest BCUT2D eigenvalue weighted by Gasteiger charge is -2.20. The molecule has 1 amide bonds. The van der Waals surface area contributed by atoms with Crippen LogP contribution in [0.3, 0.4) is 0 Å². The minimum atomic E-state index is -0.962. The smallest absolute Gasteiger partial charge is 0.338 e. The van der Waals surface area contributed by atoms with E-state index in [0.29, 0.717) is 11.3 Å². The van der Waals surface area contributed by atoms with Crippen molar-refractivity contribution in [3.05, 3.63) is 85.8 Å². The van der Waals surface area contributed by atoms with Crippen LogP contribution >= 0.6 is 11.6 Å². The lowest BCUT2D eigenvalue weighted by molar-refractivity contribution is -0.384. The molecule has 1 atom stereocenters. The molecular weight excluding hydrogens is 514 g/mol. The molecule has 0 aliphatic rings. The van der Waals surface area contributed by atoms with Crippen LogP contribution < -0.4 is 15.6 Å². The number of nitrogens with one attached hydrogen (secondary N) is 1. The molecule has 0 saturated heterocycles. The van der Waals surface area contributed by atoms with Gasteiger partial charge in [0, 0.05) is 28.4 Å². The first-order valence-electron chi connectivity index (χ1n) is 11.8. The minimum absolute atomic E-state index is 0.123. The number of rotatable bonds is 8. The molecule has 1 heterocycles. The molecule has 10 nitrogen and oxygen atoms in total. The predicted molar refractivity (Wildman–Crippen MR) is 144 cm³/mol. The molecule has 0 aliphatic carbocycles. The molecule has 0 radical (unpaired) electrons. The Kier molecular flexibility index (Phi) is 8.57. The number of ether oxygens (including phenoxy) is 2. The van der Waals surface area contributed by atoms with Crippen LogP contribution in [-0.2, 0) is 9.53 Å². The molecule has 0 spiro atoms. The highest BCUT2D eigenvalue weighted by Crippen LogP contribution is 2.37. The van der Waals surface area contributed by atoms with Gasteiger partial charge in [-0.25, -0.2) is 4.79 Å². The summed E-state index contributed by atoms with van der Waals surface area (Å²) in [5, 5.41) is 14.5. The lowest BCUT2D eigenvalue weighted by Crippen LogP contribution is -2.31. The van der Waals surface area contributed by atoms with Gasteiger partial charge in [0.05, 0.1) is 28.9 Å². The quantitative estimate of drug-likeness (QED) is 0.222. The normalized spacial score (nSPS) is 11.9. The van der Waals surface area contributed by atoms with Crippen molar-refractivity contribution in [1.82, 2.24) is 4.57 Å². The van der Waals surface area contributed by atoms with Gasteiger partial charge in [-0.1, -0.05) is 11.6 Å². The molecule has 0 bridgehead atoms. The van der Waals surface area contributed by atoms with Crippen molar-refractivity contribution in [3.8, 4) is 16.9 Å². The maximum atomic E-state index is 13.0. The number of hydrogen-bond donors (Lipinski definition) is 1. The van der Waals surface area contributed by atoms with Gasteiger partial charge in [0.2, 0.25) is 5.91 Å². The van der Waals surface area contributed by atoms with Gasteiger partial charge < -0.3 is 14.8 Å². The van der Waals surface area contributed by atoms with Gasteiger partial charge in [-0.15, -0.1) is 0 Å². The molecule has 3 rings (SSSR count). The Hall–Kier alpha value is -4.18. The van der Waals surface area contributed by atoms with Crippen molar-refractivity contribution < 1.29 is 24.0 Å². The predicted octanol–water partition coefficient (Wildman–Crippen LogP) is 5.63. The van der Waals surface area contributed by atoms with Crippen molar-refractivity contribution in [1.29, 1.82) is 0 Å². The van der Waals surface area contributed by atoms with Crippen LogP contribution in [0.4, 0.5) is 11.4 Å². The second-order valence-corrected chi connectivity index (χ2v) is 9.83.